The van der Waals surface area contributed by atoms with E-state index in [1.807, 2.05) is 13.0 Å². The standard InChI is InChI=1S/C32H34N2O2S2/c1-18-12-15-25-24(23(18)14-13-19(2)30-20(3)33-21(4)37-30)11-8-16-34-26-17-27(32(35)36)38-31(26)28(29(25)34)22-9-6-5-7-10-22/h12-15,17,22H,2,5-11,16H2,1,3-4H3,(H,35,36)/b14-13-. The molecule has 0 spiro atoms. The minimum atomic E-state index is -0.821. The Hall–Kier alpha value is -2.96. The summed E-state index contributed by atoms with van der Waals surface area (Å²) in [6.07, 6.45) is 12.6. The Morgan fingerprint density at radius 2 is 1.92 bits per heavy atom. The van der Waals surface area contributed by atoms with Crippen molar-refractivity contribution >= 4 is 50.5 Å². The first kappa shape index (κ1) is 25.3. The Balaban J connectivity index is 1.52. The average molecular weight is 543 g/mol. The third-order valence-electron chi connectivity index (χ3n) is 8.28. The molecule has 4 heterocycles. The third-order valence-corrected chi connectivity index (χ3v) is 10.6. The second kappa shape index (κ2) is 9.97. The molecule has 1 saturated carbocycles. The minimum Gasteiger partial charge on any atom is -0.477 e. The maximum absolute atomic E-state index is 11.9. The molecule has 0 unspecified atom stereocenters. The predicted molar refractivity (Wildman–Crippen MR) is 161 cm³/mol. The van der Waals surface area contributed by atoms with Gasteiger partial charge in [0.25, 0.3) is 0 Å². The van der Waals surface area contributed by atoms with E-state index >= 15 is 0 Å². The van der Waals surface area contributed by atoms with Gasteiger partial charge in [-0.25, -0.2) is 9.78 Å². The number of hydrogen-bond acceptors (Lipinski definition) is 4. The van der Waals surface area contributed by atoms with Crippen molar-refractivity contribution in [3.63, 3.8) is 0 Å². The summed E-state index contributed by atoms with van der Waals surface area (Å²) in [5.74, 6) is -0.329. The molecule has 0 amide bonds. The molecular formula is C32H34N2O2S2. The summed E-state index contributed by atoms with van der Waals surface area (Å²) in [5, 5.41) is 10.8. The van der Waals surface area contributed by atoms with Gasteiger partial charge in [-0.1, -0.05) is 50.1 Å². The summed E-state index contributed by atoms with van der Waals surface area (Å²) in [4.78, 5) is 18.1. The van der Waals surface area contributed by atoms with Gasteiger partial charge >= 0.3 is 5.97 Å². The van der Waals surface area contributed by atoms with E-state index in [9.17, 15) is 9.90 Å². The number of thiophene rings is 1. The summed E-state index contributed by atoms with van der Waals surface area (Å²) in [6.45, 7) is 11.6. The maximum Gasteiger partial charge on any atom is 0.345 e. The lowest BCUT2D eigenvalue weighted by Gasteiger charge is -2.24. The molecule has 3 aromatic heterocycles. The van der Waals surface area contributed by atoms with Crippen LogP contribution >= 0.6 is 22.7 Å². The molecule has 2 aliphatic rings. The van der Waals surface area contributed by atoms with Crippen LogP contribution in [0.2, 0.25) is 0 Å². The number of allylic oxidation sites excluding steroid dienone is 2. The highest BCUT2D eigenvalue weighted by atomic mass is 32.1. The van der Waals surface area contributed by atoms with Gasteiger partial charge in [-0.2, -0.15) is 0 Å². The number of carboxylic acid groups (broad SMARTS) is 1. The number of aromatic nitrogens is 2. The molecule has 1 aliphatic carbocycles. The van der Waals surface area contributed by atoms with Crippen molar-refractivity contribution in [3.8, 4) is 11.3 Å². The second-order valence-electron chi connectivity index (χ2n) is 10.8. The first-order valence-corrected chi connectivity index (χ1v) is 15.3. The van der Waals surface area contributed by atoms with E-state index in [0.29, 0.717) is 10.8 Å². The zero-order valence-corrected chi connectivity index (χ0v) is 24.0. The van der Waals surface area contributed by atoms with Gasteiger partial charge in [0.05, 0.1) is 31.5 Å². The minimum absolute atomic E-state index is 0.450. The topological polar surface area (TPSA) is 55.1 Å². The molecule has 0 bridgehead atoms. The van der Waals surface area contributed by atoms with Gasteiger partial charge < -0.3 is 9.67 Å². The highest BCUT2D eigenvalue weighted by Crippen LogP contribution is 2.49. The highest BCUT2D eigenvalue weighted by molar-refractivity contribution is 7.21. The summed E-state index contributed by atoms with van der Waals surface area (Å²) < 4.78 is 3.64. The zero-order chi connectivity index (χ0) is 26.6. The molecule has 196 valence electrons. The fraction of sp³-hybridized carbons (Fsp3) is 0.375. The largest absolute Gasteiger partial charge is 0.477 e. The first-order chi connectivity index (χ1) is 18.3. The second-order valence-corrected chi connectivity index (χ2v) is 13.1. The zero-order valence-electron chi connectivity index (χ0n) is 22.4. The van der Waals surface area contributed by atoms with Crippen LogP contribution in [0.3, 0.4) is 0 Å². The number of nitrogens with zero attached hydrogens (tertiary/aromatic N) is 2. The molecule has 4 nitrogen and oxygen atoms in total. The van der Waals surface area contributed by atoms with E-state index in [0.717, 1.165) is 46.1 Å². The quantitative estimate of drug-likeness (QED) is 0.256. The van der Waals surface area contributed by atoms with Crippen molar-refractivity contribution in [1.29, 1.82) is 0 Å². The Labute approximate surface area is 232 Å². The van der Waals surface area contributed by atoms with E-state index in [1.165, 1.54) is 81.7 Å². The van der Waals surface area contributed by atoms with Crippen LogP contribution in [-0.4, -0.2) is 20.6 Å². The highest BCUT2D eigenvalue weighted by Gasteiger charge is 2.31. The number of rotatable bonds is 5. The fourth-order valence-corrected chi connectivity index (χ4v) is 8.55. The van der Waals surface area contributed by atoms with Crippen molar-refractivity contribution in [2.75, 3.05) is 0 Å². The van der Waals surface area contributed by atoms with Gasteiger partial charge in [-0.15, -0.1) is 22.7 Å². The van der Waals surface area contributed by atoms with Crippen molar-refractivity contribution in [3.05, 3.63) is 73.6 Å². The summed E-state index contributed by atoms with van der Waals surface area (Å²) in [7, 11) is 0. The number of thiazole rings is 1. The lowest BCUT2D eigenvalue weighted by molar-refractivity contribution is 0.0702. The molecule has 0 atom stereocenters. The molecule has 0 radical (unpaired) electrons. The van der Waals surface area contributed by atoms with Crippen LogP contribution in [0.25, 0.3) is 33.1 Å². The molecular weight excluding hydrogens is 508 g/mol. The Morgan fingerprint density at radius 1 is 1.13 bits per heavy atom. The molecule has 6 heteroatoms. The number of hydrogen-bond donors (Lipinski definition) is 1. The van der Waals surface area contributed by atoms with Crippen LogP contribution in [0.4, 0.5) is 0 Å². The molecule has 1 aliphatic heterocycles. The SMILES string of the molecule is C=C(/C=C\c1c(C)ccc2c1CCCn1c-2c(C2CCCCC2)c2sc(C(=O)O)cc21)c1sc(C)nc1C. The van der Waals surface area contributed by atoms with Crippen LogP contribution < -0.4 is 0 Å². The molecule has 0 saturated heterocycles. The first-order valence-electron chi connectivity index (χ1n) is 13.7. The number of fused-ring (bicyclic) bond motifs is 5. The Kier molecular flexibility index (Phi) is 6.65. The summed E-state index contributed by atoms with van der Waals surface area (Å²) in [5.41, 5.74) is 11.2. The number of benzene rings is 1. The van der Waals surface area contributed by atoms with Crippen LogP contribution in [0.15, 0.2) is 30.9 Å². The molecule has 4 aromatic rings. The van der Waals surface area contributed by atoms with E-state index < -0.39 is 5.97 Å². The van der Waals surface area contributed by atoms with Crippen molar-refractivity contribution in [2.24, 2.45) is 0 Å². The normalized spacial score (nSPS) is 16.1. The summed E-state index contributed by atoms with van der Waals surface area (Å²) >= 11 is 3.18. The maximum atomic E-state index is 11.9. The lowest BCUT2D eigenvalue weighted by Crippen LogP contribution is -2.07. The molecule has 1 N–H and O–H groups in total. The van der Waals surface area contributed by atoms with Crippen molar-refractivity contribution < 1.29 is 9.90 Å². The van der Waals surface area contributed by atoms with E-state index in [4.69, 9.17) is 0 Å². The number of carbonyl (C=O) groups is 1. The summed E-state index contributed by atoms with van der Waals surface area (Å²) in [6, 6.07) is 6.49. The van der Waals surface area contributed by atoms with Gasteiger partial charge in [0, 0.05) is 12.1 Å². The fourth-order valence-electron chi connectivity index (χ4n) is 6.55. The van der Waals surface area contributed by atoms with Crippen LogP contribution in [0.5, 0.6) is 0 Å². The van der Waals surface area contributed by atoms with Gasteiger partial charge in [-0.3, -0.25) is 0 Å². The van der Waals surface area contributed by atoms with Crippen molar-refractivity contribution in [2.45, 2.75) is 78.2 Å². The van der Waals surface area contributed by atoms with E-state index in [2.05, 4.69) is 54.3 Å². The number of aromatic carboxylic acids is 1. The third kappa shape index (κ3) is 4.28. The molecule has 6 rings (SSSR count). The molecule has 38 heavy (non-hydrogen) atoms. The van der Waals surface area contributed by atoms with Crippen molar-refractivity contribution in [1.82, 2.24) is 9.55 Å². The van der Waals surface area contributed by atoms with Crippen LogP contribution in [0, 0.1) is 20.8 Å². The van der Waals surface area contributed by atoms with Gasteiger partial charge in [0.1, 0.15) is 4.88 Å². The van der Waals surface area contributed by atoms with E-state index in [-0.39, 0.29) is 0 Å². The van der Waals surface area contributed by atoms with Crippen LogP contribution in [-0.2, 0) is 13.0 Å². The van der Waals surface area contributed by atoms with Gasteiger partial charge in [-0.05, 0) is 86.3 Å². The molecule has 1 fully saturated rings. The molecule has 1 aromatic carbocycles. The van der Waals surface area contributed by atoms with Crippen LogP contribution in [0.1, 0.15) is 91.9 Å². The Morgan fingerprint density at radius 3 is 2.63 bits per heavy atom. The smallest absolute Gasteiger partial charge is 0.345 e. The lowest BCUT2D eigenvalue weighted by atomic mass is 9.82. The Bertz CT molecular complexity index is 1610. The monoisotopic (exact) mass is 542 g/mol. The van der Waals surface area contributed by atoms with Gasteiger partial charge in [0.2, 0.25) is 0 Å². The average Bonchev–Trinajstić information content (AvgIpc) is 3.52. The number of carboxylic acids is 1. The predicted octanol–water partition coefficient (Wildman–Crippen LogP) is 9.17. The van der Waals surface area contributed by atoms with E-state index in [1.54, 1.807) is 11.3 Å². The number of aryl methyl sites for hydroxylation is 4. The van der Waals surface area contributed by atoms with Gasteiger partial charge in [0.15, 0.2) is 0 Å².